The minimum Gasteiger partial charge on any atom is -0.462 e. The summed E-state index contributed by atoms with van der Waals surface area (Å²) >= 11 is 1.51. The van der Waals surface area contributed by atoms with E-state index in [2.05, 4.69) is 26.1 Å². The zero-order valence-electron chi connectivity index (χ0n) is 18.2. The Bertz CT molecular complexity index is 883. The molecule has 1 aromatic heterocycles. The zero-order chi connectivity index (χ0) is 21.7. The topological polar surface area (TPSA) is 64.6 Å². The molecule has 2 aromatic rings. The lowest BCUT2D eigenvalue weighted by Crippen LogP contribution is -2.26. The third-order valence-corrected chi connectivity index (χ3v) is 6.74. The van der Waals surface area contributed by atoms with Gasteiger partial charge in [0.15, 0.2) is 0 Å². The maximum Gasteiger partial charge on any atom is 0.341 e. The Balaban J connectivity index is 1.72. The Morgan fingerprint density at radius 1 is 1.20 bits per heavy atom. The normalized spacial score (nSPS) is 16.1. The number of hydrogen-bond acceptors (Lipinski definition) is 5. The maximum atomic E-state index is 12.7. The number of thiophene rings is 1. The van der Waals surface area contributed by atoms with Crippen molar-refractivity contribution in [3.63, 3.8) is 0 Å². The van der Waals surface area contributed by atoms with Gasteiger partial charge in [0.1, 0.15) is 11.6 Å². The monoisotopic (exact) mass is 429 g/mol. The first-order valence-corrected chi connectivity index (χ1v) is 11.3. The molecule has 3 rings (SSSR count). The third kappa shape index (κ3) is 5.49. The van der Waals surface area contributed by atoms with E-state index in [1.807, 2.05) is 30.3 Å². The van der Waals surface area contributed by atoms with Crippen LogP contribution in [0.2, 0.25) is 0 Å². The predicted molar refractivity (Wildman–Crippen MR) is 120 cm³/mol. The Labute approximate surface area is 182 Å². The fraction of sp³-hybridized carbons (Fsp3) is 0.500. The van der Waals surface area contributed by atoms with Crippen LogP contribution in [-0.2, 0) is 33.7 Å². The van der Waals surface area contributed by atoms with Gasteiger partial charge in [-0.25, -0.2) is 4.79 Å². The van der Waals surface area contributed by atoms with Crippen LogP contribution in [0.3, 0.4) is 0 Å². The van der Waals surface area contributed by atoms with Crippen molar-refractivity contribution >= 4 is 28.2 Å². The van der Waals surface area contributed by atoms with E-state index < -0.39 is 0 Å². The molecule has 30 heavy (non-hydrogen) atoms. The summed E-state index contributed by atoms with van der Waals surface area (Å²) in [6.07, 6.45) is 2.80. The van der Waals surface area contributed by atoms with E-state index in [-0.39, 0.29) is 23.9 Å². The largest absolute Gasteiger partial charge is 0.462 e. The summed E-state index contributed by atoms with van der Waals surface area (Å²) in [7, 11) is 0. The lowest BCUT2D eigenvalue weighted by molar-refractivity contribution is -0.120. The molecule has 0 fully saturated rings. The molecule has 0 spiro atoms. The van der Waals surface area contributed by atoms with E-state index in [1.54, 1.807) is 6.92 Å². The average Bonchev–Trinajstić information content (AvgIpc) is 3.05. The van der Waals surface area contributed by atoms with Crippen LogP contribution in [0.4, 0.5) is 5.00 Å². The molecular formula is C24H31NO4S. The van der Waals surface area contributed by atoms with Crippen LogP contribution in [0, 0.1) is 11.3 Å². The summed E-state index contributed by atoms with van der Waals surface area (Å²) in [4.78, 5) is 26.3. The fourth-order valence-corrected chi connectivity index (χ4v) is 5.16. The second kappa shape index (κ2) is 9.75. The molecule has 0 saturated carbocycles. The highest BCUT2D eigenvalue weighted by atomic mass is 32.1. The van der Waals surface area contributed by atoms with Crippen molar-refractivity contribution in [1.82, 2.24) is 0 Å². The molecule has 1 heterocycles. The second-order valence-electron chi connectivity index (χ2n) is 8.76. The highest BCUT2D eigenvalue weighted by Gasteiger charge is 2.34. The van der Waals surface area contributed by atoms with Crippen LogP contribution >= 0.6 is 11.3 Å². The highest BCUT2D eigenvalue weighted by molar-refractivity contribution is 7.17. The van der Waals surface area contributed by atoms with E-state index >= 15 is 0 Å². The van der Waals surface area contributed by atoms with Crippen LogP contribution in [0.15, 0.2) is 30.3 Å². The van der Waals surface area contributed by atoms with E-state index in [1.165, 1.54) is 16.2 Å². The van der Waals surface area contributed by atoms with Crippen molar-refractivity contribution in [2.24, 2.45) is 11.3 Å². The van der Waals surface area contributed by atoms with Crippen LogP contribution in [-0.4, -0.2) is 25.1 Å². The number of carbonyl (C=O) groups excluding carboxylic acids is 2. The van der Waals surface area contributed by atoms with Gasteiger partial charge >= 0.3 is 5.97 Å². The number of hydrogen-bond donors (Lipinski definition) is 1. The van der Waals surface area contributed by atoms with Gasteiger partial charge in [-0.05, 0) is 48.6 Å². The second-order valence-corrected chi connectivity index (χ2v) is 9.87. The average molecular weight is 430 g/mol. The molecule has 0 aliphatic heterocycles. The molecule has 6 heteroatoms. The molecule has 1 unspecified atom stereocenters. The van der Waals surface area contributed by atoms with Crippen LogP contribution in [0.1, 0.15) is 60.5 Å². The number of carbonyl (C=O) groups is 2. The highest BCUT2D eigenvalue weighted by Crippen LogP contribution is 2.44. The molecule has 5 nitrogen and oxygen atoms in total. The van der Waals surface area contributed by atoms with Gasteiger partial charge in [0.05, 0.1) is 18.8 Å². The van der Waals surface area contributed by atoms with Gasteiger partial charge in [-0.15, -0.1) is 11.3 Å². The van der Waals surface area contributed by atoms with Gasteiger partial charge in [-0.3, -0.25) is 4.79 Å². The summed E-state index contributed by atoms with van der Waals surface area (Å²) in [6, 6.07) is 9.72. The van der Waals surface area contributed by atoms with Crippen molar-refractivity contribution in [2.45, 2.75) is 53.6 Å². The Morgan fingerprint density at radius 3 is 2.60 bits per heavy atom. The van der Waals surface area contributed by atoms with Gasteiger partial charge < -0.3 is 14.8 Å². The molecule has 0 saturated heterocycles. The summed E-state index contributed by atoms with van der Waals surface area (Å²) < 4.78 is 10.8. The van der Waals surface area contributed by atoms with Crippen molar-refractivity contribution in [2.75, 3.05) is 18.5 Å². The predicted octanol–water partition coefficient (Wildman–Crippen LogP) is 5.23. The summed E-state index contributed by atoms with van der Waals surface area (Å²) in [6.45, 7) is 9.18. The Kier molecular flexibility index (Phi) is 7.32. The minimum atomic E-state index is -0.357. The Hall–Kier alpha value is -2.18. The lowest BCUT2D eigenvalue weighted by Gasteiger charge is -2.33. The zero-order valence-corrected chi connectivity index (χ0v) is 19.1. The van der Waals surface area contributed by atoms with E-state index in [4.69, 9.17) is 9.47 Å². The van der Waals surface area contributed by atoms with Crippen molar-refractivity contribution < 1.29 is 19.1 Å². The maximum absolute atomic E-state index is 12.7. The smallest absolute Gasteiger partial charge is 0.341 e. The van der Waals surface area contributed by atoms with E-state index in [0.717, 1.165) is 30.4 Å². The summed E-state index contributed by atoms with van der Waals surface area (Å²) in [5, 5.41) is 3.49. The molecule has 0 radical (unpaired) electrons. The number of benzene rings is 1. The molecule has 1 aliphatic carbocycles. The van der Waals surface area contributed by atoms with Crippen molar-refractivity contribution in [3.8, 4) is 0 Å². The van der Waals surface area contributed by atoms with Gasteiger partial charge in [0.25, 0.3) is 5.91 Å². The fourth-order valence-electron chi connectivity index (χ4n) is 3.83. The molecular weight excluding hydrogens is 398 g/mol. The summed E-state index contributed by atoms with van der Waals surface area (Å²) in [5.74, 6) is -0.0661. The third-order valence-electron chi connectivity index (χ3n) is 5.57. The molecule has 1 aliphatic rings. The number of fused-ring (bicyclic) bond motifs is 1. The number of esters is 1. The summed E-state index contributed by atoms with van der Waals surface area (Å²) in [5.41, 5.74) is 2.79. The van der Waals surface area contributed by atoms with Gasteiger partial charge in [-0.2, -0.15) is 0 Å². The van der Waals surface area contributed by atoms with E-state index in [9.17, 15) is 9.59 Å². The van der Waals surface area contributed by atoms with Crippen molar-refractivity contribution in [3.05, 3.63) is 51.9 Å². The number of rotatable bonds is 7. The molecule has 162 valence electrons. The standard InChI is InChI=1S/C24H31NO4S/c1-5-29-23(27)21-18-12-11-17(24(2,3)4)13-19(18)30-22(21)25-20(26)15-28-14-16-9-7-6-8-10-16/h6-10,17H,5,11-15H2,1-4H3,(H,25,26). The number of anilines is 1. The first-order valence-electron chi connectivity index (χ1n) is 10.5. The first kappa shape index (κ1) is 22.5. The lowest BCUT2D eigenvalue weighted by atomic mass is 9.72. The molecule has 1 N–H and O–H groups in total. The van der Waals surface area contributed by atoms with E-state index in [0.29, 0.717) is 29.7 Å². The molecule has 1 aromatic carbocycles. The van der Waals surface area contributed by atoms with Gasteiger partial charge in [0, 0.05) is 4.88 Å². The number of nitrogens with one attached hydrogen (secondary N) is 1. The number of amides is 1. The van der Waals surface area contributed by atoms with Gasteiger partial charge in [-0.1, -0.05) is 51.1 Å². The Morgan fingerprint density at radius 2 is 1.93 bits per heavy atom. The van der Waals surface area contributed by atoms with Gasteiger partial charge in [0.2, 0.25) is 0 Å². The number of ether oxygens (including phenoxy) is 2. The van der Waals surface area contributed by atoms with Crippen LogP contribution < -0.4 is 5.32 Å². The molecule has 0 bridgehead atoms. The van der Waals surface area contributed by atoms with Crippen LogP contribution in [0.5, 0.6) is 0 Å². The SMILES string of the molecule is CCOC(=O)c1c(NC(=O)COCc2ccccc2)sc2c1CCC(C(C)(C)C)C2. The minimum absolute atomic E-state index is 0.0651. The van der Waals surface area contributed by atoms with Crippen molar-refractivity contribution in [1.29, 1.82) is 0 Å². The van der Waals surface area contributed by atoms with Crippen LogP contribution in [0.25, 0.3) is 0 Å². The molecule has 1 atom stereocenters. The first-order chi connectivity index (χ1) is 14.3. The molecule has 1 amide bonds. The quantitative estimate of drug-likeness (QED) is 0.612.